The standard InChI is InChI=1S/C21H22FN3O5/c1-3-29-20(27)7-4-15-8-9-24(12-15)19-6-5-16(10-18(19)22)25-13-17(30-21(25)28)11-23-14(2)26/h4-10,12,17H,3,11,13H2,1-2H3,(H,23,26). The van der Waals surface area contributed by atoms with Crippen molar-refractivity contribution < 1.29 is 28.2 Å². The molecule has 0 saturated carbocycles. The Labute approximate surface area is 172 Å². The second-order valence-corrected chi connectivity index (χ2v) is 6.63. The molecule has 158 valence electrons. The molecule has 2 aromatic rings. The summed E-state index contributed by atoms with van der Waals surface area (Å²) in [6.07, 6.45) is 5.12. The van der Waals surface area contributed by atoms with Crippen LogP contribution in [-0.2, 0) is 19.1 Å². The van der Waals surface area contributed by atoms with E-state index in [2.05, 4.69) is 5.32 Å². The van der Waals surface area contributed by atoms with Crippen molar-refractivity contribution in [1.82, 2.24) is 9.88 Å². The summed E-state index contributed by atoms with van der Waals surface area (Å²) in [5, 5.41) is 2.59. The molecule has 8 nitrogen and oxygen atoms in total. The smallest absolute Gasteiger partial charge is 0.414 e. The molecule has 1 aromatic heterocycles. The Kier molecular flexibility index (Phi) is 6.51. The molecule has 1 atom stereocenters. The number of rotatable bonds is 7. The molecule has 3 rings (SSSR count). The van der Waals surface area contributed by atoms with Crippen molar-refractivity contribution in [3.63, 3.8) is 0 Å². The van der Waals surface area contributed by atoms with E-state index < -0.39 is 24.0 Å². The van der Waals surface area contributed by atoms with Crippen LogP contribution in [0.4, 0.5) is 14.9 Å². The summed E-state index contributed by atoms with van der Waals surface area (Å²) >= 11 is 0. The van der Waals surface area contributed by atoms with Gasteiger partial charge in [0.2, 0.25) is 5.91 Å². The maximum Gasteiger partial charge on any atom is 0.414 e. The van der Waals surface area contributed by atoms with Crippen LogP contribution >= 0.6 is 0 Å². The number of carbonyl (C=O) groups is 3. The summed E-state index contributed by atoms with van der Waals surface area (Å²) in [4.78, 5) is 35.8. The van der Waals surface area contributed by atoms with Crippen molar-refractivity contribution in [3.05, 3.63) is 54.1 Å². The highest BCUT2D eigenvalue weighted by atomic mass is 19.1. The van der Waals surface area contributed by atoms with Crippen molar-refractivity contribution in [2.24, 2.45) is 0 Å². The Hall–Kier alpha value is -3.62. The van der Waals surface area contributed by atoms with Gasteiger partial charge in [-0.15, -0.1) is 0 Å². The minimum absolute atomic E-state index is 0.198. The molecule has 0 radical (unpaired) electrons. The molecule has 1 aromatic carbocycles. The van der Waals surface area contributed by atoms with Crippen molar-refractivity contribution in [3.8, 4) is 5.69 Å². The minimum Gasteiger partial charge on any atom is -0.463 e. The van der Waals surface area contributed by atoms with Crippen LogP contribution in [0.2, 0.25) is 0 Å². The molecule has 30 heavy (non-hydrogen) atoms. The number of hydrogen-bond acceptors (Lipinski definition) is 5. The fourth-order valence-electron chi connectivity index (χ4n) is 2.99. The van der Waals surface area contributed by atoms with Gasteiger partial charge in [-0.1, -0.05) is 0 Å². The predicted octanol–water partition coefficient (Wildman–Crippen LogP) is 2.65. The number of cyclic esters (lactones) is 1. The number of amides is 2. The van der Waals surface area contributed by atoms with E-state index in [1.165, 1.54) is 24.0 Å². The number of halogens is 1. The molecule has 1 N–H and O–H groups in total. The van der Waals surface area contributed by atoms with Gasteiger partial charge in [-0.25, -0.2) is 14.0 Å². The zero-order valence-electron chi connectivity index (χ0n) is 16.6. The lowest BCUT2D eigenvalue weighted by atomic mass is 10.2. The van der Waals surface area contributed by atoms with Gasteiger partial charge in [0.05, 0.1) is 31.1 Å². The van der Waals surface area contributed by atoms with Gasteiger partial charge >= 0.3 is 12.1 Å². The number of aromatic nitrogens is 1. The van der Waals surface area contributed by atoms with Crippen molar-refractivity contribution in [1.29, 1.82) is 0 Å². The van der Waals surface area contributed by atoms with Crippen molar-refractivity contribution in [2.75, 3.05) is 24.6 Å². The summed E-state index contributed by atoms with van der Waals surface area (Å²) in [5.74, 6) is -1.19. The fourth-order valence-corrected chi connectivity index (χ4v) is 2.99. The Morgan fingerprint density at radius 3 is 2.87 bits per heavy atom. The third-order valence-electron chi connectivity index (χ3n) is 4.39. The van der Waals surface area contributed by atoms with Crippen LogP contribution in [0, 0.1) is 5.82 Å². The molecular formula is C21H22FN3O5. The highest BCUT2D eigenvalue weighted by molar-refractivity contribution is 5.90. The monoisotopic (exact) mass is 415 g/mol. The van der Waals surface area contributed by atoms with Gasteiger partial charge in [0.15, 0.2) is 0 Å². The molecule has 1 saturated heterocycles. The Balaban J connectivity index is 1.71. The molecule has 1 aliphatic heterocycles. The van der Waals surface area contributed by atoms with Crippen LogP contribution in [0.5, 0.6) is 0 Å². The zero-order valence-corrected chi connectivity index (χ0v) is 16.6. The number of ether oxygens (including phenoxy) is 2. The Morgan fingerprint density at radius 1 is 1.37 bits per heavy atom. The van der Waals surface area contributed by atoms with Gasteiger partial charge in [-0.3, -0.25) is 9.69 Å². The number of hydrogen-bond donors (Lipinski definition) is 1. The third kappa shape index (κ3) is 5.05. The number of nitrogens with zero attached hydrogens (tertiary/aromatic N) is 2. The van der Waals surface area contributed by atoms with E-state index in [-0.39, 0.29) is 24.7 Å². The number of esters is 1. The largest absolute Gasteiger partial charge is 0.463 e. The maximum atomic E-state index is 14.7. The molecule has 9 heteroatoms. The van der Waals surface area contributed by atoms with Gasteiger partial charge in [-0.2, -0.15) is 0 Å². The summed E-state index contributed by atoms with van der Waals surface area (Å²) in [5.41, 5.74) is 1.36. The van der Waals surface area contributed by atoms with Gasteiger partial charge in [-0.05, 0) is 42.8 Å². The topological polar surface area (TPSA) is 89.9 Å². The molecular weight excluding hydrogens is 393 g/mol. The Bertz CT molecular complexity index is 985. The van der Waals surface area contributed by atoms with E-state index in [9.17, 15) is 18.8 Å². The van der Waals surface area contributed by atoms with E-state index in [0.29, 0.717) is 17.9 Å². The average Bonchev–Trinajstić information content (AvgIpc) is 3.31. The predicted molar refractivity (Wildman–Crippen MR) is 108 cm³/mol. The highest BCUT2D eigenvalue weighted by Gasteiger charge is 2.32. The summed E-state index contributed by atoms with van der Waals surface area (Å²) < 4.78 is 26.3. The molecule has 1 aliphatic rings. The molecule has 0 spiro atoms. The lowest BCUT2D eigenvalue weighted by Gasteiger charge is -2.14. The number of carbonyl (C=O) groups excluding carboxylic acids is 3. The van der Waals surface area contributed by atoms with Crippen LogP contribution in [0.15, 0.2) is 42.7 Å². The first-order valence-electron chi connectivity index (χ1n) is 9.42. The normalized spacial score (nSPS) is 16.0. The van der Waals surface area contributed by atoms with Crippen LogP contribution < -0.4 is 10.2 Å². The first-order valence-corrected chi connectivity index (χ1v) is 9.42. The number of benzene rings is 1. The average molecular weight is 415 g/mol. The van der Waals surface area contributed by atoms with Crippen LogP contribution in [0.25, 0.3) is 11.8 Å². The SMILES string of the molecule is CCOC(=O)C=Cc1ccn(-c2ccc(N3CC(CNC(C)=O)OC3=O)cc2F)c1. The lowest BCUT2D eigenvalue weighted by Crippen LogP contribution is -2.33. The molecule has 1 fully saturated rings. The summed E-state index contributed by atoms with van der Waals surface area (Å²) in [6.45, 7) is 3.80. The van der Waals surface area contributed by atoms with Crippen LogP contribution in [-0.4, -0.2) is 48.3 Å². The minimum atomic E-state index is -0.593. The van der Waals surface area contributed by atoms with Crippen molar-refractivity contribution in [2.45, 2.75) is 20.0 Å². The first-order chi connectivity index (χ1) is 14.4. The fraction of sp³-hybridized carbons (Fsp3) is 0.286. The second-order valence-electron chi connectivity index (χ2n) is 6.63. The molecule has 2 amide bonds. The molecule has 0 aliphatic carbocycles. The summed E-state index contributed by atoms with van der Waals surface area (Å²) in [7, 11) is 0. The number of nitrogens with one attached hydrogen (secondary N) is 1. The van der Waals surface area contributed by atoms with E-state index in [0.717, 1.165) is 0 Å². The number of anilines is 1. The van der Waals surface area contributed by atoms with E-state index >= 15 is 0 Å². The van der Waals surface area contributed by atoms with Gasteiger partial charge < -0.3 is 19.4 Å². The quantitative estimate of drug-likeness (QED) is 0.555. The van der Waals surface area contributed by atoms with E-state index in [4.69, 9.17) is 9.47 Å². The van der Waals surface area contributed by atoms with Crippen LogP contribution in [0.3, 0.4) is 0 Å². The maximum absolute atomic E-state index is 14.7. The van der Waals surface area contributed by atoms with Gasteiger partial charge in [0.25, 0.3) is 0 Å². The highest BCUT2D eigenvalue weighted by Crippen LogP contribution is 2.26. The van der Waals surface area contributed by atoms with Gasteiger partial charge in [0.1, 0.15) is 11.9 Å². The Morgan fingerprint density at radius 2 is 2.17 bits per heavy atom. The van der Waals surface area contributed by atoms with Gasteiger partial charge in [0, 0.05) is 25.4 Å². The van der Waals surface area contributed by atoms with Crippen LogP contribution in [0.1, 0.15) is 19.4 Å². The van der Waals surface area contributed by atoms with Crippen molar-refractivity contribution >= 4 is 29.7 Å². The molecule has 2 heterocycles. The lowest BCUT2D eigenvalue weighted by molar-refractivity contribution is -0.137. The second kappa shape index (κ2) is 9.25. The summed E-state index contributed by atoms with van der Waals surface area (Å²) in [6, 6.07) is 6.16. The molecule has 0 bridgehead atoms. The van der Waals surface area contributed by atoms with E-state index in [1.54, 1.807) is 48.2 Å². The zero-order chi connectivity index (χ0) is 21.7. The third-order valence-corrected chi connectivity index (χ3v) is 4.39. The molecule has 1 unspecified atom stereocenters. The van der Waals surface area contributed by atoms with E-state index in [1.807, 2.05) is 0 Å². The first kappa shape index (κ1) is 21.1.